The molecule has 0 radical (unpaired) electrons. The Morgan fingerprint density at radius 2 is 2.00 bits per heavy atom. The summed E-state index contributed by atoms with van der Waals surface area (Å²) in [5.41, 5.74) is 8.40. The third-order valence-electron chi connectivity index (χ3n) is 4.68. The van der Waals surface area contributed by atoms with Crippen molar-refractivity contribution in [3.05, 3.63) is 60.6 Å². The highest BCUT2D eigenvalue weighted by Gasteiger charge is 2.13. The van der Waals surface area contributed by atoms with Crippen molar-refractivity contribution < 1.29 is 23.5 Å². The van der Waals surface area contributed by atoms with Crippen LogP contribution < -0.4 is 26.4 Å². The molecule has 5 N–H and O–H groups in total. The van der Waals surface area contributed by atoms with Gasteiger partial charge in [-0.1, -0.05) is 12.1 Å². The molecule has 0 saturated heterocycles. The van der Waals surface area contributed by atoms with E-state index in [0.717, 1.165) is 17.4 Å². The molecule has 3 aromatic rings. The molecule has 174 valence electrons. The number of aldehydes is 1. The molecule has 0 aliphatic rings. The van der Waals surface area contributed by atoms with E-state index >= 15 is 0 Å². The highest BCUT2D eigenvalue weighted by molar-refractivity contribution is 5.73. The van der Waals surface area contributed by atoms with E-state index in [0.29, 0.717) is 22.9 Å². The lowest BCUT2D eigenvalue weighted by Crippen LogP contribution is -2.31. The van der Waals surface area contributed by atoms with E-state index < -0.39 is 12.3 Å². The number of hydrogen-bond acceptors (Lipinski definition) is 9. The zero-order chi connectivity index (χ0) is 23.6. The van der Waals surface area contributed by atoms with Crippen LogP contribution in [0, 0.1) is 0 Å². The normalized spacial score (nSPS) is 12.3. The van der Waals surface area contributed by atoms with Crippen LogP contribution in [0.5, 0.6) is 5.75 Å². The molecular weight excluding hydrogens is 426 g/mol. The maximum absolute atomic E-state index is 11.8. The molecule has 0 aliphatic heterocycles. The predicted molar refractivity (Wildman–Crippen MR) is 124 cm³/mol. The molecule has 1 amide bonds. The van der Waals surface area contributed by atoms with Crippen molar-refractivity contribution >= 4 is 23.8 Å². The van der Waals surface area contributed by atoms with Crippen molar-refractivity contribution in [3.8, 4) is 17.1 Å². The minimum Gasteiger partial charge on any atom is -0.496 e. The number of carbonyl (C=O) groups excluding carboxylic acids is 2. The smallest absolute Gasteiger partial charge is 0.407 e. The molecule has 0 bridgehead atoms. The van der Waals surface area contributed by atoms with Crippen LogP contribution in [0.2, 0.25) is 0 Å². The van der Waals surface area contributed by atoms with Gasteiger partial charge in [-0.25, -0.2) is 9.78 Å². The van der Waals surface area contributed by atoms with E-state index in [1.165, 1.54) is 6.39 Å². The number of benzene rings is 2. The van der Waals surface area contributed by atoms with Crippen LogP contribution in [-0.2, 0) is 16.1 Å². The number of aromatic nitrogens is 1. The Hall–Kier alpha value is -4.05. The lowest BCUT2D eigenvalue weighted by atomic mass is 10.1. The molecular formula is C23H27N5O5. The van der Waals surface area contributed by atoms with Crippen molar-refractivity contribution in [2.24, 2.45) is 5.73 Å². The summed E-state index contributed by atoms with van der Waals surface area (Å²) < 4.78 is 15.9. The molecule has 10 heteroatoms. The fourth-order valence-corrected chi connectivity index (χ4v) is 3.01. The number of nitrogens with one attached hydrogen (secondary N) is 3. The van der Waals surface area contributed by atoms with E-state index in [1.54, 1.807) is 26.3 Å². The van der Waals surface area contributed by atoms with Gasteiger partial charge in [-0.15, -0.1) is 0 Å². The summed E-state index contributed by atoms with van der Waals surface area (Å²) in [4.78, 5) is 27.4. The summed E-state index contributed by atoms with van der Waals surface area (Å²) in [5.74, 6) is 1.15. The first-order chi connectivity index (χ1) is 16.0. The van der Waals surface area contributed by atoms with Gasteiger partial charge in [0.1, 0.15) is 11.9 Å². The average molecular weight is 453 g/mol. The van der Waals surface area contributed by atoms with Crippen LogP contribution in [0.4, 0.5) is 16.2 Å². The second kappa shape index (κ2) is 11.5. The molecule has 2 aromatic carbocycles. The molecule has 0 spiro atoms. The van der Waals surface area contributed by atoms with Gasteiger partial charge < -0.3 is 35.6 Å². The minimum absolute atomic E-state index is 0.252. The summed E-state index contributed by atoms with van der Waals surface area (Å²) in [6, 6.07) is 12.7. The van der Waals surface area contributed by atoms with Gasteiger partial charge in [-0.05, 0) is 36.8 Å². The van der Waals surface area contributed by atoms with Gasteiger partial charge in [0.05, 0.1) is 18.9 Å². The lowest BCUT2D eigenvalue weighted by Gasteiger charge is -2.19. The summed E-state index contributed by atoms with van der Waals surface area (Å²) in [6.07, 6.45) is 2.10. The lowest BCUT2D eigenvalue weighted by molar-refractivity contribution is -0.108. The van der Waals surface area contributed by atoms with Crippen molar-refractivity contribution in [1.82, 2.24) is 10.3 Å². The molecule has 2 atom stereocenters. The van der Waals surface area contributed by atoms with Gasteiger partial charge in [0.2, 0.25) is 0 Å². The number of nitrogens with zero attached hydrogens (tertiary/aromatic N) is 1. The third-order valence-corrected chi connectivity index (χ3v) is 4.68. The number of alkyl carbamates (subject to hydrolysis) is 1. The van der Waals surface area contributed by atoms with E-state index in [-0.39, 0.29) is 19.2 Å². The topological polar surface area (TPSA) is 141 Å². The van der Waals surface area contributed by atoms with Crippen LogP contribution in [0.3, 0.4) is 0 Å². The van der Waals surface area contributed by atoms with E-state index in [1.807, 2.05) is 36.4 Å². The van der Waals surface area contributed by atoms with Crippen LogP contribution in [0.15, 0.2) is 59.5 Å². The molecule has 3 rings (SSSR count). The zero-order valence-electron chi connectivity index (χ0n) is 18.4. The number of anilines is 2. The predicted octanol–water partition coefficient (Wildman–Crippen LogP) is 2.97. The standard InChI is InChI=1S/C23H27N5O5/c1-15(10-24)33-23(30)26-11-16-4-3-5-17(8-16)27-22(13-29)28-18-6-7-19(20(9-18)31-2)21-12-25-14-32-21/h3-9,12-15,22,27-28H,10-11,24H2,1-2H3,(H,26,30)/t15-,22?/m1/s1. The maximum Gasteiger partial charge on any atom is 0.407 e. The van der Waals surface area contributed by atoms with Gasteiger partial charge in [0.25, 0.3) is 0 Å². The molecule has 33 heavy (non-hydrogen) atoms. The fourth-order valence-electron chi connectivity index (χ4n) is 3.01. The largest absolute Gasteiger partial charge is 0.496 e. The number of nitrogens with two attached hydrogens (primary N) is 1. The minimum atomic E-state index is -0.704. The van der Waals surface area contributed by atoms with E-state index in [9.17, 15) is 9.59 Å². The fraction of sp³-hybridized carbons (Fsp3) is 0.261. The van der Waals surface area contributed by atoms with Gasteiger partial charge in [-0.3, -0.25) is 4.79 Å². The Kier molecular flexibility index (Phi) is 8.25. The first kappa shape index (κ1) is 23.6. The van der Waals surface area contributed by atoms with Gasteiger partial charge in [-0.2, -0.15) is 0 Å². The molecule has 1 heterocycles. The van der Waals surface area contributed by atoms with Crippen LogP contribution in [0.1, 0.15) is 12.5 Å². The summed E-state index contributed by atoms with van der Waals surface area (Å²) in [5, 5.41) is 8.90. The van der Waals surface area contributed by atoms with Crippen molar-refractivity contribution in [1.29, 1.82) is 0 Å². The first-order valence-corrected chi connectivity index (χ1v) is 10.3. The maximum atomic E-state index is 11.8. The van der Waals surface area contributed by atoms with Crippen LogP contribution in [0.25, 0.3) is 11.3 Å². The Labute approximate surface area is 191 Å². The van der Waals surface area contributed by atoms with Crippen LogP contribution in [-0.4, -0.2) is 43.3 Å². The molecule has 0 saturated carbocycles. The highest BCUT2D eigenvalue weighted by Crippen LogP contribution is 2.32. The number of carbonyl (C=O) groups is 2. The Balaban J connectivity index is 1.62. The number of rotatable bonds is 11. The van der Waals surface area contributed by atoms with Crippen LogP contribution >= 0.6 is 0 Å². The van der Waals surface area contributed by atoms with Gasteiger partial charge in [0, 0.05) is 30.5 Å². The zero-order valence-corrected chi connectivity index (χ0v) is 18.4. The molecule has 10 nitrogen and oxygen atoms in total. The average Bonchev–Trinajstić information content (AvgIpc) is 3.37. The highest BCUT2D eigenvalue weighted by atomic mass is 16.6. The second-order valence-electron chi connectivity index (χ2n) is 7.19. The Bertz CT molecular complexity index is 1060. The third kappa shape index (κ3) is 6.71. The number of amides is 1. The molecule has 1 aromatic heterocycles. The summed E-state index contributed by atoms with van der Waals surface area (Å²) in [6.45, 7) is 2.24. The number of methoxy groups -OCH3 is 1. The number of oxazole rings is 1. The van der Waals surface area contributed by atoms with Crippen molar-refractivity contribution in [3.63, 3.8) is 0 Å². The van der Waals surface area contributed by atoms with Gasteiger partial charge >= 0.3 is 6.09 Å². The molecule has 1 unspecified atom stereocenters. The SMILES string of the molecule is COc1cc(NC(C=O)Nc2cccc(CNC(=O)O[C@H](C)CN)c2)ccc1-c1cnco1. The number of ether oxygens (including phenoxy) is 2. The number of hydrogen-bond donors (Lipinski definition) is 4. The molecule has 0 fully saturated rings. The first-order valence-electron chi connectivity index (χ1n) is 10.3. The monoisotopic (exact) mass is 453 g/mol. The second-order valence-corrected chi connectivity index (χ2v) is 7.19. The summed E-state index contributed by atoms with van der Waals surface area (Å²) >= 11 is 0. The molecule has 0 aliphatic carbocycles. The van der Waals surface area contributed by atoms with Crippen molar-refractivity contribution in [2.45, 2.75) is 25.7 Å². The summed E-state index contributed by atoms with van der Waals surface area (Å²) in [7, 11) is 1.56. The van der Waals surface area contributed by atoms with E-state index in [2.05, 4.69) is 20.9 Å². The quantitative estimate of drug-likeness (QED) is 0.255. The van der Waals surface area contributed by atoms with Crippen molar-refractivity contribution in [2.75, 3.05) is 24.3 Å². The Morgan fingerprint density at radius 1 is 1.21 bits per heavy atom. The van der Waals surface area contributed by atoms with E-state index in [4.69, 9.17) is 19.6 Å². The van der Waals surface area contributed by atoms with Gasteiger partial charge in [0.15, 0.2) is 24.6 Å². The Morgan fingerprint density at radius 3 is 2.67 bits per heavy atom.